The summed E-state index contributed by atoms with van der Waals surface area (Å²) >= 11 is 0. The summed E-state index contributed by atoms with van der Waals surface area (Å²) in [5.74, 6) is 0.563. The van der Waals surface area contributed by atoms with E-state index < -0.39 is 0 Å². The first-order valence-corrected chi connectivity index (χ1v) is 8.65. The van der Waals surface area contributed by atoms with Gasteiger partial charge in [-0.3, -0.25) is 4.90 Å². The van der Waals surface area contributed by atoms with Crippen LogP contribution in [0, 0.1) is 13.8 Å². The van der Waals surface area contributed by atoms with Crippen molar-refractivity contribution in [3.63, 3.8) is 0 Å². The van der Waals surface area contributed by atoms with E-state index in [1.807, 2.05) is 19.2 Å². The molecule has 0 spiro atoms. The lowest BCUT2D eigenvalue weighted by Crippen LogP contribution is -2.34. The first kappa shape index (κ1) is 15.3. The lowest BCUT2D eigenvalue weighted by atomic mass is 9.90. The van der Waals surface area contributed by atoms with Gasteiger partial charge in [0.05, 0.1) is 11.4 Å². The molecule has 24 heavy (non-hydrogen) atoms. The second-order valence-electron chi connectivity index (χ2n) is 6.81. The van der Waals surface area contributed by atoms with Gasteiger partial charge in [0.25, 0.3) is 0 Å². The van der Waals surface area contributed by atoms with E-state index in [2.05, 4.69) is 50.3 Å². The van der Waals surface area contributed by atoms with Crippen molar-refractivity contribution < 1.29 is 0 Å². The molecule has 3 aromatic rings. The number of aryl methyl sites for hydroxylation is 2. The molecule has 124 valence electrons. The van der Waals surface area contributed by atoms with Crippen LogP contribution in [0.5, 0.6) is 0 Å². The third-order valence-electron chi connectivity index (χ3n) is 5.03. The SMILES string of the molecule is Cc1cc(CN2CCCC(c3c[nH]c4ncccc34)C2)c(C)nn1. The largest absolute Gasteiger partial charge is 0.346 e. The molecule has 1 saturated heterocycles. The van der Waals surface area contributed by atoms with Crippen molar-refractivity contribution >= 4 is 11.0 Å². The molecule has 1 aliphatic heterocycles. The van der Waals surface area contributed by atoms with E-state index in [4.69, 9.17) is 0 Å². The number of aromatic amines is 1. The van der Waals surface area contributed by atoms with Gasteiger partial charge in [0.2, 0.25) is 0 Å². The molecule has 0 amide bonds. The average Bonchev–Trinajstić information content (AvgIpc) is 3.03. The van der Waals surface area contributed by atoms with Gasteiger partial charge in [0.15, 0.2) is 0 Å². The number of nitrogens with one attached hydrogen (secondary N) is 1. The van der Waals surface area contributed by atoms with Crippen LogP contribution in [0.1, 0.15) is 41.3 Å². The van der Waals surface area contributed by atoms with Gasteiger partial charge in [-0.2, -0.15) is 10.2 Å². The molecule has 5 nitrogen and oxygen atoms in total. The minimum atomic E-state index is 0.563. The Morgan fingerprint density at radius 2 is 2.21 bits per heavy atom. The first-order valence-electron chi connectivity index (χ1n) is 8.65. The van der Waals surface area contributed by atoms with E-state index in [0.717, 1.165) is 36.7 Å². The molecule has 5 heteroatoms. The Labute approximate surface area is 142 Å². The van der Waals surface area contributed by atoms with Gasteiger partial charge in [-0.25, -0.2) is 4.98 Å². The van der Waals surface area contributed by atoms with E-state index >= 15 is 0 Å². The molecule has 0 aliphatic carbocycles. The van der Waals surface area contributed by atoms with Gasteiger partial charge in [0.1, 0.15) is 5.65 Å². The Morgan fingerprint density at radius 3 is 3.12 bits per heavy atom. The third kappa shape index (κ3) is 2.91. The first-order chi connectivity index (χ1) is 11.7. The predicted molar refractivity (Wildman–Crippen MR) is 94.9 cm³/mol. The summed E-state index contributed by atoms with van der Waals surface area (Å²) in [5.41, 5.74) is 5.73. The highest BCUT2D eigenvalue weighted by molar-refractivity contribution is 5.80. The highest BCUT2D eigenvalue weighted by atomic mass is 15.1. The zero-order valence-electron chi connectivity index (χ0n) is 14.3. The molecule has 0 bridgehead atoms. The van der Waals surface area contributed by atoms with Crippen LogP contribution in [0.3, 0.4) is 0 Å². The van der Waals surface area contributed by atoms with Gasteiger partial charge in [0, 0.05) is 30.9 Å². The number of hydrogen-bond acceptors (Lipinski definition) is 4. The number of pyridine rings is 1. The topological polar surface area (TPSA) is 57.7 Å². The van der Waals surface area contributed by atoms with Gasteiger partial charge in [-0.15, -0.1) is 0 Å². The minimum absolute atomic E-state index is 0.563. The van der Waals surface area contributed by atoms with E-state index in [-0.39, 0.29) is 0 Å². The molecular formula is C19H23N5. The summed E-state index contributed by atoms with van der Waals surface area (Å²) in [6, 6.07) is 6.37. The van der Waals surface area contributed by atoms with E-state index in [9.17, 15) is 0 Å². The fourth-order valence-corrected chi connectivity index (χ4v) is 3.77. The van der Waals surface area contributed by atoms with Crippen LogP contribution >= 0.6 is 0 Å². The van der Waals surface area contributed by atoms with Gasteiger partial charge < -0.3 is 4.98 Å². The molecule has 0 saturated carbocycles. The summed E-state index contributed by atoms with van der Waals surface area (Å²) in [5, 5.41) is 9.67. The Morgan fingerprint density at radius 1 is 1.29 bits per heavy atom. The van der Waals surface area contributed by atoms with Crippen molar-refractivity contribution in [2.45, 2.75) is 39.2 Å². The second-order valence-corrected chi connectivity index (χ2v) is 6.81. The van der Waals surface area contributed by atoms with Gasteiger partial charge in [-0.05, 0) is 68.5 Å². The van der Waals surface area contributed by atoms with Crippen LogP contribution in [0.25, 0.3) is 11.0 Å². The third-order valence-corrected chi connectivity index (χ3v) is 5.03. The highest BCUT2D eigenvalue weighted by Crippen LogP contribution is 2.32. The fourth-order valence-electron chi connectivity index (χ4n) is 3.77. The number of rotatable bonds is 3. The number of likely N-dealkylation sites (tertiary alicyclic amines) is 1. The Hall–Kier alpha value is -2.27. The maximum Gasteiger partial charge on any atom is 0.137 e. The van der Waals surface area contributed by atoms with E-state index in [0.29, 0.717) is 5.92 Å². The van der Waals surface area contributed by atoms with Crippen LogP contribution in [0.4, 0.5) is 0 Å². The maximum absolute atomic E-state index is 4.42. The van der Waals surface area contributed by atoms with Gasteiger partial charge >= 0.3 is 0 Å². The van der Waals surface area contributed by atoms with E-state index in [1.54, 1.807) is 0 Å². The smallest absolute Gasteiger partial charge is 0.137 e. The number of fused-ring (bicyclic) bond motifs is 1. The lowest BCUT2D eigenvalue weighted by Gasteiger charge is -2.33. The quantitative estimate of drug-likeness (QED) is 0.804. The van der Waals surface area contributed by atoms with Crippen LogP contribution < -0.4 is 0 Å². The fraction of sp³-hybridized carbons (Fsp3) is 0.421. The molecule has 1 atom stereocenters. The molecule has 1 aliphatic rings. The van der Waals surface area contributed by atoms with Crippen molar-refractivity contribution in [2.75, 3.05) is 13.1 Å². The maximum atomic E-state index is 4.42. The normalized spacial score (nSPS) is 19.0. The zero-order chi connectivity index (χ0) is 16.5. The number of H-pyrrole nitrogens is 1. The van der Waals surface area contributed by atoms with Crippen molar-refractivity contribution in [2.24, 2.45) is 0 Å². The van der Waals surface area contributed by atoms with Crippen LogP contribution in [0.15, 0.2) is 30.6 Å². The lowest BCUT2D eigenvalue weighted by molar-refractivity contribution is 0.200. The molecule has 0 aromatic carbocycles. The van der Waals surface area contributed by atoms with E-state index in [1.165, 1.54) is 29.4 Å². The Kier molecular flexibility index (Phi) is 4.02. The molecule has 1 N–H and O–H groups in total. The predicted octanol–water partition coefficient (Wildman–Crippen LogP) is 3.35. The molecule has 0 radical (unpaired) electrons. The van der Waals surface area contributed by atoms with Crippen molar-refractivity contribution in [1.82, 2.24) is 25.1 Å². The number of aromatic nitrogens is 4. The van der Waals surface area contributed by atoms with Crippen LogP contribution in [-0.4, -0.2) is 38.2 Å². The highest BCUT2D eigenvalue weighted by Gasteiger charge is 2.24. The molecule has 1 unspecified atom stereocenters. The monoisotopic (exact) mass is 321 g/mol. The van der Waals surface area contributed by atoms with Crippen molar-refractivity contribution in [3.05, 3.63) is 53.1 Å². The van der Waals surface area contributed by atoms with Gasteiger partial charge in [-0.1, -0.05) is 0 Å². The molecule has 3 aromatic heterocycles. The summed E-state index contributed by atoms with van der Waals surface area (Å²) in [4.78, 5) is 10.3. The number of piperidine rings is 1. The summed E-state index contributed by atoms with van der Waals surface area (Å²) < 4.78 is 0. The number of nitrogens with zero attached hydrogens (tertiary/aromatic N) is 4. The second kappa shape index (κ2) is 6.32. The molecular weight excluding hydrogens is 298 g/mol. The van der Waals surface area contributed by atoms with Crippen molar-refractivity contribution in [3.8, 4) is 0 Å². The van der Waals surface area contributed by atoms with Crippen molar-refractivity contribution in [1.29, 1.82) is 0 Å². The molecule has 4 heterocycles. The van der Waals surface area contributed by atoms with Crippen LogP contribution in [-0.2, 0) is 6.54 Å². The summed E-state index contributed by atoms with van der Waals surface area (Å²) in [6.07, 6.45) is 6.46. The molecule has 4 rings (SSSR count). The summed E-state index contributed by atoms with van der Waals surface area (Å²) in [7, 11) is 0. The standard InChI is InChI=1S/C19H23N5/c1-13-9-16(14(2)23-22-13)12-24-8-4-5-15(11-24)18-10-21-19-17(18)6-3-7-20-19/h3,6-7,9-10,15H,4-5,8,11-12H2,1-2H3,(H,20,21). The minimum Gasteiger partial charge on any atom is -0.346 e. The average molecular weight is 321 g/mol. The molecule has 1 fully saturated rings. The Bertz CT molecular complexity index is 854. The zero-order valence-corrected chi connectivity index (χ0v) is 14.3. The van der Waals surface area contributed by atoms with Crippen LogP contribution in [0.2, 0.25) is 0 Å². The Balaban J connectivity index is 1.54. The number of hydrogen-bond donors (Lipinski definition) is 1. The summed E-state index contributed by atoms with van der Waals surface area (Å²) in [6.45, 7) is 7.25.